The normalized spacial score (nSPS) is 11.1. The number of rotatable bonds is 5. The third-order valence-corrected chi connectivity index (χ3v) is 4.60. The van der Waals surface area contributed by atoms with Crippen LogP contribution in [0.25, 0.3) is 10.9 Å². The largest absolute Gasteiger partial charge is 0.347 e. The molecule has 2 aromatic heterocycles. The van der Waals surface area contributed by atoms with Crippen molar-refractivity contribution in [2.75, 3.05) is 5.32 Å². The van der Waals surface area contributed by atoms with Crippen LogP contribution in [0, 0.1) is 0 Å². The molecule has 0 atom stereocenters. The molecule has 0 aliphatic rings. The van der Waals surface area contributed by atoms with E-state index in [0.717, 1.165) is 16.6 Å². The highest BCUT2D eigenvalue weighted by Crippen LogP contribution is 2.26. The predicted molar refractivity (Wildman–Crippen MR) is 99.0 cm³/mol. The first kappa shape index (κ1) is 15.9. The lowest BCUT2D eigenvalue weighted by Crippen LogP contribution is -2.01. The number of aromatic amines is 1. The van der Waals surface area contributed by atoms with E-state index >= 15 is 0 Å². The molecule has 0 saturated carbocycles. The zero-order valence-corrected chi connectivity index (χ0v) is 14.6. The van der Waals surface area contributed by atoms with Crippen molar-refractivity contribution in [2.24, 2.45) is 0 Å². The van der Waals surface area contributed by atoms with E-state index in [1.807, 2.05) is 24.3 Å². The summed E-state index contributed by atoms with van der Waals surface area (Å²) in [5.74, 6) is 0.470. The van der Waals surface area contributed by atoms with Gasteiger partial charge in [-0.3, -0.25) is 0 Å². The quantitative estimate of drug-likeness (QED) is 0.552. The Balaban J connectivity index is 1.66. The zero-order valence-electron chi connectivity index (χ0n) is 13.1. The van der Waals surface area contributed by atoms with Gasteiger partial charge in [0, 0.05) is 40.2 Å². The summed E-state index contributed by atoms with van der Waals surface area (Å²) in [6.07, 6.45) is 2.11. The van der Waals surface area contributed by atoms with E-state index in [9.17, 15) is 0 Å². The fourth-order valence-electron chi connectivity index (χ4n) is 2.84. The summed E-state index contributed by atoms with van der Waals surface area (Å²) in [5.41, 5.74) is 3.30. The van der Waals surface area contributed by atoms with Crippen LogP contribution < -0.4 is 5.32 Å². The topological polar surface area (TPSA) is 71.4 Å². The van der Waals surface area contributed by atoms with Gasteiger partial charge in [0.1, 0.15) is 0 Å². The highest BCUT2D eigenvalue weighted by Gasteiger charge is 2.10. The van der Waals surface area contributed by atoms with E-state index in [-0.39, 0.29) is 0 Å². The van der Waals surface area contributed by atoms with Crippen molar-refractivity contribution in [3.8, 4) is 0 Å². The highest BCUT2D eigenvalue weighted by molar-refractivity contribution is 6.35. The first-order chi connectivity index (χ1) is 12.2. The molecule has 2 heterocycles. The van der Waals surface area contributed by atoms with Crippen LogP contribution in [0.3, 0.4) is 0 Å². The number of tetrazole rings is 1. The second-order valence-corrected chi connectivity index (χ2v) is 6.47. The van der Waals surface area contributed by atoms with Gasteiger partial charge in [0.05, 0.1) is 0 Å². The summed E-state index contributed by atoms with van der Waals surface area (Å²) in [6, 6.07) is 13.8. The Kier molecular flexibility index (Phi) is 4.29. The van der Waals surface area contributed by atoms with Crippen molar-refractivity contribution in [3.63, 3.8) is 0 Å². The van der Waals surface area contributed by atoms with Crippen LogP contribution in [0.4, 0.5) is 5.95 Å². The van der Waals surface area contributed by atoms with E-state index in [2.05, 4.69) is 48.8 Å². The monoisotopic (exact) mass is 372 g/mol. The molecule has 2 aromatic carbocycles. The Hall–Kier alpha value is -2.57. The number of hydrogen-bond donors (Lipinski definition) is 2. The van der Waals surface area contributed by atoms with E-state index in [0.29, 0.717) is 29.1 Å². The molecule has 4 aromatic rings. The Morgan fingerprint density at radius 1 is 1.08 bits per heavy atom. The van der Waals surface area contributed by atoms with Crippen LogP contribution in [0.2, 0.25) is 10.0 Å². The second-order valence-electron chi connectivity index (χ2n) is 5.62. The average molecular weight is 373 g/mol. The van der Waals surface area contributed by atoms with Crippen LogP contribution in [-0.2, 0) is 13.1 Å². The SMILES string of the molecule is Clc1ccc(Cn2cc(CNc3nn[nH]n3)c3ccccc32)c(Cl)c1. The van der Waals surface area contributed by atoms with Crippen molar-refractivity contribution in [2.45, 2.75) is 13.1 Å². The molecule has 126 valence electrons. The molecule has 0 aliphatic heterocycles. The molecule has 0 fully saturated rings. The molecule has 8 heteroatoms. The van der Waals surface area contributed by atoms with E-state index in [1.54, 1.807) is 6.07 Å². The number of hydrogen-bond acceptors (Lipinski definition) is 4. The average Bonchev–Trinajstić information content (AvgIpc) is 3.24. The van der Waals surface area contributed by atoms with E-state index in [4.69, 9.17) is 23.2 Å². The molecule has 4 rings (SSSR count). The highest BCUT2D eigenvalue weighted by atomic mass is 35.5. The maximum absolute atomic E-state index is 6.33. The van der Waals surface area contributed by atoms with Crippen molar-refractivity contribution in [1.29, 1.82) is 0 Å². The Morgan fingerprint density at radius 2 is 1.96 bits per heavy atom. The van der Waals surface area contributed by atoms with Crippen molar-refractivity contribution in [3.05, 3.63) is 69.8 Å². The van der Waals surface area contributed by atoms with E-state index in [1.165, 1.54) is 5.39 Å². The van der Waals surface area contributed by atoms with Gasteiger partial charge in [-0.1, -0.05) is 52.6 Å². The van der Waals surface area contributed by atoms with E-state index < -0.39 is 0 Å². The Bertz CT molecular complexity index is 1010. The Morgan fingerprint density at radius 3 is 2.76 bits per heavy atom. The van der Waals surface area contributed by atoms with Gasteiger partial charge in [-0.25, -0.2) is 0 Å². The Labute approximate surface area is 153 Å². The summed E-state index contributed by atoms with van der Waals surface area (Å²) < 4.78 is 2.18. The van der Waals surface area contributed by atoms with Gasteiger partial charge in [0.15, 0.2) is 0 Å². The van der Waals surface area contributed by atoms with Gasteiger partial charge in [-0.2, -0.15) is 5.21 Å². The minimum Gasteiger partial charge on any atom is -0.347 e. The van der Waals surface area contributed by atoms with Crippen LogP contribution in [0.5, 0.6) is 0 Å². The smallest absolute Gasteiger partial charge is 0.263 e. The molecule has 0 saturated heterocycles. The van der Waals surface area contributed by atoms with Crippen LogP contribution in [-0.4, -0.2) is 25.2 Å². The number of fused-ring (bicyclic) bond motifs is 1. The number of anilines is 1. The number of para-hydroxylation sites is 1. The molecule has 0 unspecified atom stereocenters. The van der Waals surface area contributed by atoms with Gasteiger partial charge in [0.25, 0.3) is 5.95 Å². The van der Waals surface area contributed by atoms with Gasteiger partial charge in [0.2, 0.25) is 0 Å². The number of nitrogens with one attached hydrogen (secondary N) is 2. The molecule has 0 amide bonds. The van der Waals surface area contributed by atoms with Gasteiger partial charge in [-0.15, -0.1) is 5.10 Å². The maximum atomic E-state index is 6.33. The minimum atomic E-state index is 0.470. The van der Waals surface area contributed by atoms with Crippen molar-refractivity contribution >= 4 is 40.1 Å². The summed E-state index contributed by atoms with van der Waals surface area (Å²) >= 11 is 12.3. The first-order valence-electron chi connectivity index (χ1n) is 7.69. The first-order valence-corrected chi connectivity index (χ1v) is 8.44. The van der Waals surface area contributed by atoms with Crippen molar-refractivity contribution in [1.82, 2.24) is 25.2 Å². The van der Waals surface area contributed by atoms with Gasteiger partial charge in [-0.05, 0) is 34.5 Å². The van der Waals surface area contributed by atoms with Gasteiger partial charge >= 0.3 is 0 Å². The molecule has 25 heavy (non-hydrogen) atoms. The fraction of sp³-hybridized carbons (Fsp3) is 0.118. The molecule has 0 bridgehead atoms. The zero-order chi connectivity index (χ0) is 17.2. The lowest BCUT2D eigenvalue weighted by molar-refractivity contribution is 0.831. The molecule has 0 radical (unpaired) electrons. The summed E-state index contributed by atoms with van der Waals surface area (Å²) in [7, 11) is 0. The standard InChI is InChI=1S/C17H14Cl2N6/c18-13-6-5-11(15(19)7-13)9-25-10-12(8-20-17-21-23-24-22-17)14-3-1-2-4-16(14)25/h1-7,10H,8-9H2,(H2,20,21,22,23,24). The number of H-pyrrole nitrogens is 1. The number of aromatic nitrogens is 5. The summed E-state index contributed by atoms with van der Waals surface area (Å²) in [4.78, 5) is 0. The molecule has 6 nitrogen and oxygen atoms in total. The number of halogens is 2. The van der Waals surface area contributed by atoms with Gasteiger partial charge < -0.3 is 9.88 Å². The third kappa shape index (κ3) is 3.31. The lowest BCUT2D eigenvalue weighted by Gasteiger charge is -2.08. The van der Waals surface area contributed by atoms with Crippen LogP contribution in [0.1, 0.15) is 11.1 Å². The molecule has 0 aliphatic carbocycles. The summed E-state index contributed by atoms with van der Waals surface area (Å²) in [6.45, 7) is 1.26. The predicted octanol–water partition coefficient (Wildman–Crippen LogP) is 4.12. The number of nitrogens with zero attached hydrogens (tertiary/aromatic N) is 4. The van der Waals surface area contributed by atoms with Crippen molar-refractivity contribution < 1.29 is 0 Å². The number of benzene rings is 2. The molecule has 2 N–H and O–H groups in total. The maximum Gasteiger partial charge on any atom is 0.263 e. The third-order valence-electron chi connectivity index (χ3n) is 4.01. The lowest BCUT2D eigenvalue weighted by atomic mass is 10.2. The molecule has 0 spiro atoms. The second kappa shape index (κ2) is 6.74. The van der Waals surface area contributed by atoms with Crippen LogP contribution >= 0.6 is 23.2 Å². The molecular formula is C17H14Cl2N6. The minimum absolute atomic E-state index is 0.470. The van der Waals surface area contributed by atoms with Crippen LogP contribution in [0.15, 0.2) is 48.7 Å². The summed E-state index contributed by atoms with van der Waals surface area (Å²) in [5, 5.41) is 19.4. The fourth-order valence-corrected chi connectivity index (χ4v) is 3.31. The molecular weight excluding hydrogens is 359 g/mol.